The van der Waals surface area contributed by atoms with E-state index in [1.54, 1.807) is 18.3 Å². The lowest BCUT2D eigenvalue weighted by molar-refractivity contribution is 0.386. The van der Waals surface area contributed by atoms with Crippen molar-refractivity contribution in [2.45, 2.75) is 11.8 Å². The highest BCUT2D eigenvalue weighted by atomic mass is 32.2. The number of ether oxygens (including phenoxy) is 2. The van der Waals surface area contributed by atoms with Gasteiger partial charge in [-0.05, 0) is 55.0 Å². The average Bonchev–Trinajstić information content (AvgIpc) is 3.18. The number of benzene rings is 2. The number of hydrogen-bond donors (Lipinski definition) is 1. The average molecular weight is 442 g/mol. The Bertz CT molecular complexity index is 1300. The Morgan fingerprint density at radius 2 is 1.87 bits per heavy atom. The number of anilines is 1. The first kappa shape index (κ1) is 20.1. The predicted octanol–water partition coefficient (Wildman–Crippen LogP) is 4.48. The van der Waals surface area contributed by atoms with Crippen LogP contribution in [0.3, 0.4) is 0 Å². The van der Waals surface area contributed by atoms with Crippen molar-refractivity contribution in [1.29, 1.82) is 0 Å². The van der Waals surface area contributed by atoms with Crippen molar-refractivity contribution in [2.75, 3.05) is 18.9 Å². The molecule has 30 heavy (non-hydrogen) atoms. The van der Waals surface area contributed by atoms with E-state index in [0.29, 0.717) is 11.4 Å². The number of nitrogens with zero attached hydrogens (tertiary/aromatic N) is 2. The van der Waals surface area contributed by atoms with Crippen LogP contribution in [0, 0.1) is 6.92 Å². The van der Waals surface area contributed by atoms with Gasteiger partial charge in [-0.3, -0.25) is 4.72 Å². The second kappa shape index (κ2) is 7.92. The summed E-state index contributed by atoms with van der Waals surface area (Å²) in [5.74, 6) is 0.717. The third-order valence-electron chi connectivity index (χ3n) is 4.54. The van der Waals surface area contributed by atoms with Gasteiger partial charge in [-0.2, -0.15) is 0 Å². The zero-order chi connectivity index (χ0) is 21.3. The van der Waals surface area contributed by atoms with Crippen molar-refractivity contribution in [3.05, 3.63) is 60.3 Å². The van der Waals surface area contributed by atoms with Crippen molar-refractivity contribution < 1.29 is 17.9 Å². The molecule has 0 unspecified atom stereocenters. The molecule has 9 heteroatoms. The summed E-state index contributed by atoms with van der Waals surface area (Å²) in [6, 6.07) is 13.8. The molecule has 4 rings (SSSR count). The second-order valence-electron chi connectivity index (χ2n) is 6.50. The highest BCUT2D eigenvalue weighted by molar-refractivity contribution is 7.92. The fourth-order valence-electron chi connectivity index (χ4n) is 3.00. The van der Waals surface area contributed by atoms with Crippen LogP contribution in [-0.2, 0) is 10.0 Å². The Hall–Kier alpha value is -3.17. The Morgan fingerprint density at radius 1 is 1.03 bits per heavy atom. The Labute approximate surface area is 178 Å². The molecule has 154 valence electrons. The van der Waals surface area contributed by atoms with E-state index in [-0.39, 0.29) is 10.6 Å². The van der Waals surface area contributed by atoms with Crippen molar-refractivity contribution >= 4 is 37.4 Å². The molecule has 0 amide bonds. The molecule has 0 saturated carbocycles. The molecule has 4 aromatic rings. The first-order chi connectivity index (χ1) is 14.4. The van der Waals surface area contributed by atoms with Gasteiger partial charge >= 0.3 is 0 Å². The molecule has 0 bridgehead atoms. The van der Waals surface area contributed by atoms with Crippen LogP contribution in [0.1, 0.15) is 5.56 Å². The monoisotopic (exact) mass is 441 g/mol. The van der Waals surface area contributed by atoms with Gasteiger partial charge in [0.1, 0.15) is 31.7 Å². The zero-order valence-corrected chi connectivity index (χ0v) is 18.2. The highest BCUT2D eigenvalue weighted by Gasteiger charge is 2.21. The summed E-state index contributed by atoms with van der Waals surface area (Å²) in [4.78, 5) is 9.82. The summed E-state index contributed by atoms with van der Waals surface area (Å²) >= 11 is 1.49. The van der Waals surface area contributed by atoms with E-state index in [0.717, 1.165) is 26.5 Å². The molecule has 0 saturated heterocycles. The molecule has 0 aliphatic rings. The number of aromatic nitrogens is 2. The van der Waals surface area contributed by atoms with E-state index in [9.17, 15) is 8.42 Å². The molecule has 2 heterocycles. The number of nitrogens with one attached hydrogen (secondary N) is 1. The maximum Gasteiger partial charge on any atom is 0.265 e. The molecule has 7 nitrogen and oxygen atoms in total. The lowest BCUT2D eigenvalue weighted by atomic mass is 10.1. The molecule has 0 fully saturated rings. The van der Waals surface area contributed by atoms with Crippen LogP contribution in [0.5, 0.6) is 11.5 Å². The Morgan fingerprint density at radius 3 is 2.57 bits per heavy atom. The van der Waals surface area contributed by atoms with Gasteiger partial charge in [-0.15, -0.1) is 0 Å². The minimum absolute atomic E-state index is 0.0338. The largest absolute Gasteiger partial charge is 0.497 e. The van der Waals surface area contributed by atoms with Crippen LogP contribution in [0.25, 0.3) is 20.9 Å². The second-order valence-corrected chi connectivity index (χ2v) is 9.13. The summed E-state index contributed by atoms with van der Waals surface area (Å²) in [7, 11) is -0.930. The maximum absolute atomic E-state index is 13.0. The number of pyridine rings is 1. The van der Waals surface area contributed by atoms with Crippen LogP contribution in [0.4, 0.5) is 5.69 Å². The Kier molecular flexibility index (Phi) is 5.31. The number of methoxy groups -OCH3 is 2. The zero-order valence-electron chi connectivity index (χ0n) is 16.5. The van der Waals surface area contributed by atoms with E-state index in [2.05, 4.69) is 14.7 Å². The molecular formula is C21H19N3O4S2. The van der Waals surface area contributed by atoms with Crippen LogP contribution in [0.2, 0.25) is 0 Å². The van der Waals surface area contributed by atoms with E-state index < -0.39 is 10.0 Å². The number of hydrogen-bond acceptors (Lipinski definition) is 7. The number of thiazole rings is 1. The van der Waals surface area contributed by atoms with Crippen molar-refractivity contribution in [2.24, 2.45) is 0 Å². The molecule has 0 spiro atoms. The predicted molar refractivity (Wildman–Crippen MR) is 118 cm³/mol. The standard InChI is InChI=1S/C21H19N3O4S2/c1-13-11-14(20-23-17-5-4-10-22-21(17)29-20)6-8-16(13)24-30(25,26)19-9-7-15(27-2)12-18(19)28-3/h4-12,24H,1-3H3. The topological polar surface area (TPSA) is 90.4 Å². The number of fused-ring (bicyclic) bond motifs is 1. The summed E-state index contributed by atoms with van der Waals surface area (Å²) < 4.78 is 38.9. The third-order valence-corrected chi connectivity index (χ3v) is 6.98. The van der Waals surface area contributed by atoms with Crippen molar-refractivity contribution in [3.8, 4) is 22.1 Å². The van der Waals surface area contributed by atoms with Gasteiger partial charge in [0, 0.05) is 17.8 Å². The minimum atomic E-state index is -3.86. The molecule has 0 aliphatic carbocycles. The van der Waals surface area contributed by atoms with Crippen molar-refractivity contribution in [3.63, 3.8) is 0 Å². The number of rotatable bonds is 6. The SMILES string of the molecule is COc1ccc(S(=O)(=O)Nc2ccc(-c3nc4cccnc4s3)cc2C)c(OC)c1. The van der Waals surface area contributed by atoms with E-state index in [4.69, 9.17) is 9.47 Å². The van der Waals surface area contributed by atoms with Crippen LogP contribution < -0.4 is 14.2 Å². The van der Waals surface area contributed by atoms with E-state index in [1.807, 2.05) is 31.2 Å². The van der Waals surface area contributed by atoms with Gasteiger partial charge in [0.25, 0.3) is 10.0 Å². The molecular weight excluding hydrogens is 422 g/mol. The normalized spacial score (nSPS) is 11.4. The first-order valence-electron chi connectivity index (χ1n) is 8.99. The maximum atomic E-state index is 13.0. The number of aryl methyl sites for hydroxylation is 1. The molecule has 2 aromatic heterocycles. The fourth-order valence-corrected chi connectivity index (χ4v) is 5.19. The molecule has 0 aliphatic heterocycles. The van der Waals surface area contributed by atoms with Crippen LogP contribution in [0.15, 0.2) is 59.6 Å². The summed E-state index contributed by atoms with van der Waals surface area (Å²) in [6.07, 6.45) is 1.74. The number of sulfonamides is 1. The van der Waals surface area contributed by atoms with Gasteiger partial charge < -0.3 is 9.47 Å². The quantitative estimate of drug-likeness (QED) is 0.474. The lowest BCUT2D eigenvalue weighted by Gasteiger charge is -2.14. The van der Waals surface area contributed by atoms with Gasteiger partial charge in [0.05, 0.1) is 19.9 Å². The summed E-state index contributed by atoms with van der Waals surface area (Å²) in [5.41, 5.74) is 3.00. The van der Waals surface area contributed by atoms with Gasteiger partial charge in [-0.1, -0.05) is 11.3 Å². The summed E-state index contributed by atoms with van der Waals surface area (Å²) in [5, 5.41) is 0.832. The van der Waals surface area contributed by atoms with E-state index >= 15 is 0 Å². The van der Waals surface area contributed by atoms with Gasteiger partial charge in [-0.25, -0.2) is 18.4 Å². The Balaban J connectivity index is 1.65. The smallest absolute Gasteiger partial charge is 0.265 e. The summed E-state index contributed by atoms with van der Waals surface area (Å²) in [6.45, 7) is 1.85. The van der Waals surface area contributed by atoms with E-state index in [1.165, 1.54) is 37.7 Å². The fraction of sp³-hybridized carbons (Fsp3) is 0.143. The van der Waals surface area contributed by atoms with Gasteiger partial charge in [0.2, 0.25) is 0 Å². The van der Waals surface area contributed by atoms with Crippen LogP contribution in [-0.4, -0.2) is 32.6 Å². The minimum Gasteiger partial charge on any atom is -0.497 e. The molecule has 0 atom stereocenters. The third kappa shape index (κ3) is 3.81. The first-order valence-corrected chi connectivity index (χ1v) is 11.3. The van der Waals surface area contributed by atoms with Crippen LogP contribution >= 0.6 is 11.3 Å². The molecule has 0 radical (unpaired) electrons. The highest BCUT2D eigenvalue weighted by Crippen LogP contribution is 2.33. The van der Waals surface area contributed by atoms with Crippen molar-refractivity contribution in [1.82, 2.24) is 9.97 Å². The lowest BCUT2D eigenvalue weighted by Crippen LogP contribution is -2.15. The molecule has 2 aromatic carbocycles. The van der Waals surface area contributed by atoms with Gasteiger partial charge in [0.15, 0.2) is 0 Å². The molecule has 1 N–H and O–H groups in total.